The van der Waals surface area contributed by atoms with Crippen molar-refractivity contribution in [2.45, 2.75) is 64.4 Å². The molecule has 164 valence electrons. The Morgan fingerprint density at radius 1 is 1.19 bits per heavy atom. The first-order valence-corrected chi connectivity index (χ1v) is 10.2. The first-order valence-electron chi connectivity index (χ1n) is 10.2. The van der Waals surface area contributed by atoms with E-state index in [4.69, 9.17) is 4.74 Å². The van der Waals surface area contributed by atoms with E-state index in [2.05, 4.69) is 25.5 Å². The lowest BCUT2D eigenvalue weighted by Gasteiger charge is -2.48. The van der Waals surface area contributed by atoms with Crippen LogP contribution in [0.5, 0.6) is 11.6 Å². The van der Waals surface area contributed by atoms with E-state index in [1.807, 2.05) is 40.8 Å². The highest BCUT2D eigenvalue weighted by Crippen LogP contribution is 2.34. The van der Waals surface area contributed by atoms with E-state index in [0.29, 0.717) is 23.5 Å². The van der Waals surface area contributed by atoms with Crippen molar-refractivity contribution in [3.63, 3.8) is 0 Å². The van der Waals surface area contributed by atoms with Crippen LogP contribution in [0.3, 0.4) is 0 Å². The minimum Gasteiger partial charge on any atom is -0.506 e. The van der Waals surface area contributed by atoms with Crippen LogP contribution in [-0.4, -0.2) is 53.2 Å². The highest BCUT2D eigenvalue weighted by molar-refractivity contribution is 5.63. The molecular weight excluding hydrogens is 399 g/mol. The first kappa shape index (κ1) is 21.2. The molecule has 0 saturated carbocycles. The third-order valence-corrected chi connectivity index (χ3v) is 5.41. The van der Waals surface area contributed by atoms with Gasteiger partial charge in [0.15, 0.2) is 6.17 Å². The Balaban J connectivity index is 1.52. The van der Waals surface area contributed by atoms with Gasteiger partial charge in [-0.25, -0.2) is 14.4 Å². The van der Waals surface area contributed by atoms with E-state index in [1.54, 1.807) is 35.3 Å². The number of pyridine rings is 1. The minimum atomic E-state index is -1.20. The molecule has 1 aliphatic heterocycles. The first-order chi connectivity index (χ1) is 14.5. The van der Waals surface area contributed by atoms with Gasteiger partial charge in [-0.05, 0) is 40.7 Å². The number of nitrogens with one attached hydrogen (secondary N) is 1. The van der Waals surface area contributed by atoms with Crippen LogP contribution in [0.1, 0.15) is 39.8 Å². The maximum absolute atomic E-state index is 14.9. The molecule has 31 heavy (non-hydrogen) atoms. The predicted octanol–water partition coefficient (Wildman–Crippen LogP) is 3.37. The Kier molecular flexibility index (Phi) is 5.17. The Morgan fingerprint density at radius 2 is 1.97 bits per heavy atom. The van der Waals surface area contributed by atoms with E-state index >= 15 is 0 Å². The van der Waals surface area contributed by atoms with Crippen molar-refractivity contribution >= 4 is 0 Å². The van der Waals surface area contributed by atoms with Gasteiger partial charge in [0.2, 0.25) is 5.88 Å². The maximum atomic E-state index is 14.9. The highest BCUT2D eigenvalue weighted by atomic mass is 19.1. The molecule has 0 radical (unpaired) electrons. The number of aryl methyl sites for hydroxylation is 1. The van der Waals surface area contributed by atoms with Crippen LogP contribution in [0.15, 0.2) is 36.9 Å². The Morgan fingerprint density at radius 3 is 2.58 bits per heavy atom. The average molecular weight is 426 g/mol. The number of aromatic nitrogens is 5. The molecule has 4 heterocycles. The van der Waals surface area contributed by atoms with E-state index < -0.39 is 17.8 Å². The van der Waals surface area contributed by atoms with Crippen LogP contribution < -0.4 is 10.1 Å². The van der Waals surface area contributed by atoms with Gasteiger partial charge in [-0.2, -0.15) is 0 Å². The molecule has 0 amide bonds. The molecule has 2 N–H and O–H groups in total. The van der Waals surface area contributed by atoms with Crippen LogP contribution >= 0.6 is 0 Å². The second-order valence-electron chi connectivity index (χ2n) is 9.23. The fourth-order valence-corrected chi connectivity index (χ4v) is 4.17. The van der Waals surface area contributed by atoms with Gasteiger partial charge in [0.25, 0.3) is 0 Å². The van der Waals surface area contributed by atoms with Gasteiger partial charge >= 0.3 is 0 Å². The summed E-state index contributed by atoms with van der Waals surface area (Å²) >= 11 is 0. The molecule has 3 aromatic heterocycles. The predicted molar refractivity (Wildman–Crippen MR) is 114 cm³/mol. The second kappa shape index (κ2) is 7.56. The summed E-state index contributed by atoms with van der Waals surface area (Å²) < 4.78 is 22.6. The van der Waals surface area contributed by atoms with Crippen molar-refractivity contribution < 1.29 is 14.2 Å². The molecule has 1 fully saturated rings. The average Bonchev–Trinajstić information content (AvgIpc) is 3.12. The van der Waals surface area contributed by atoms with E-state index in [-0.39, 0.29) is 17.2 Å². The quantitative estimate of drug-likeness (QED) is 0.660. The third-order valence-electron chi connectivity index (χ3n) is 5.41. The van der Waals surface area contributed by atoms with Gasteiger partial charge in [0.1, 0.15) is 23.2 Å². The number of hydrogen-bond donors (Lipinski definition) is 2. The normalized spacial score (nSPS) is 22.3. The lowest BCUT2D eigenvalue weighted by Crippen LogP contribution is -2.66. The van der Waals surface area contributed by atoms with E-state index in [0.717, 1.165) is 5.69 Å². The number of imidazole rings is 1. The van der Waals surface area contributed by atoms with Gasteiger partial charge in [0.05, 0.1) is 23.9 Å². The van der Waals surface area contributed by atoms with Crippen molar-refractivity contribution in [2.24, 2.45) is 0 Å². The van der Waals surface area contributed by atoms with Gasteiger partial charge in [0, 0.05) is 35.8 Å². The van der Waals surface area contributed by atoms with E-state index in [1.165, 1.54) is 0 Å². The zero-order chi connectivity index (χ0) is 22.4. The number of piperidine rings is 1. The van der Waals surface area contributed by atoms with Gasteiger partial charge in [-0.3, -0.25) is 0 Å². The number of hydrogen-bond acceptors (Lipinski definition) is 7. The van der Waals surface area contributed by atoms with Gasteiger partial charge in [-0.15, -0.1) is 10.2 Å². The topological polar surface area (TPSA) is 98.0 Å². The lowest BCUT2D eigenvalue weighted by atomic mass is 9.79. The fraction of sp³-hybridized carbons (Fsp3) is 0.455. The Hall–Kier alpha value is -3.07. The van der Waals surface area contributed by atoms with Crippen LogP contribution in [0, 0.1) is 6.92 Å². The molecule has 3 aromatic rings. The molecule has 4 rings (SSSR count). The van der Waals surface area contributed by atoms with Crippen LogP contribution in [0.4, 0.5) is 4.39 Å². The summed E-state index contributed by atoms with van der Waals surface area (Å²) in [6, 6.07) is 4.85. The van der Waals surface area contributed by atoms with Crippen LogP contribution in [-0.2, 0) is 0 Å². The summed E-state index contributed by atoms with van der Waals surface area (Å²) in [7, 11) is 0. The molecule has 0 spiro atoms. The number of aromatic hydroxyl groups is 1. The molecule has 0 aliphatic carbocycles. The monoisotopic (exact) mass is 426 g/mol. The number of nitrogens with zero attached hydrogens (tertiary/aromatic N) is 5. The SMILES string of the molecule is Cc1cn(-c2cnc(-c3ccc(O[C@H]4CC(C)(C)NC(C)(C)[C@H]4F)nn3)c(O)c2)cn1. The highest BCUT2D eigenvalue weighted by Gasteiger charge is 2.47. The number of halogens is 1. The molecule has 0 unspecified atom stereocenters. The molecule has 1 aliphatic rings. The van der Waals surface area contributed by atoms with Crippen molar-refractivity contribution in [2.75, 3.05) is 0 Å². The zero-order valence-corrected chi connectivity index (χ0v) is 18.3. The summed E-state index contributed by atoms with van der Waals surface area (Å²) in [5, 5.41) is 22.0. The zero-order valence-electron chi connectivity index (χ0n) is 18.3. The number of alkyl halides is 1. The van der Waals surface area contributed by atoms with Crippen molar-refractivity contribution in [3.8, 4) is 28.7 Å². The van der Waals surface area contributed by atoms with E-state index in [9.17, 15) is 9.50 Å². The number of ether oxygens (including phenoxy) is 1. The summed E-state index contributed by atoms with van der Waals surface area (Å²) in [5.41, 5.74) is 1.24. The van der Waals surface area contributed by atoms with Crippen molar-refractivity contribution in [3.05, 3.63) is 42.6 Å². The van der Waals surface area contributed by atoms with Gasteiger partial charge in [-0.1, -0.05) is 0 Å². The second-order valence-corrected chi connectivity index (χ2v) is 9.23. The Labute approximate surface area is 180 Å². The molecular formula is C22H27FN6O2. The van der Waals surface area contributed by atoms with Crippen molar-refractivity contribution in [1.82, 2.24) is 30.0 Å². The molecule has 0 bridgehead atoms. The maximum Gasteiger partial charge on any atom is 0.233 e. The molecule has 0 aromatic carbocycles. The van der Waals surface area contributed by atoms with Gasteiger partial charge < -0.3 is 19.7 Å². The Bertz CT molecular complexity index is 1080. The van der Waals surface area contributed by atoms with Crippen LogP contribution in [0.2, 0.25) is 0 Å². The summed E-state index contributed by atoms with van der Waals surface area (Å²) in [4.78, 5) is 8.49. The lowest BCUT2D eigenvalue weighted by molar-refractivity contribution is -0.0281. The summed E-state index contributed by atoms with van der Waals surface area (Å²) in [6.07, 6.45) is 3.76. The summed E-state index contributed by atoms with van der Waals surface area (Å²) in [5.74, 6) is 0.201. The summed E-state index contributed by atoms with van der Waals surface area (Å²) in [6.45, 7) is 9.58. The fourth-order valence-electron chi connectivity index (χ4n) is 4.17. The van der Waals surface area contributed by atoms with Crippen LogP contribution in [0.25, 0.3) is 17.1 Å². The standard InChI is InChI=1S/C22H27FN6O2/c1-13-11-29(12-25-13)14-8-16(30)19(24-10-14)15-6-7-18(27-26-15)31-17-9-21(2,3)28-22(4,5)20(17)23/h6-8,10-12,17,20,28,30H,9H2,1-5H3/t17-,20-/m0/s1. The molecule has 8 nitrogen and oxygen atoms in total. The molecule has 1 saturated heterocycles. The third kappa shape index (κ3) is 4.36. The minimum absolute atomic E-state index is 0.0301. The smallest absolute Gasteiger partial charge is 0.233 e. The molecule has 9 heteroatoms. The largest absolute Gasteiger partial charge is 0.506 e. The molecule has 2 atom stereocenters. The number of rotatable bonds is 4. The van der Waals surface area contributed by atoms with Crippen molar-refractivity contribution in [1.29, 1.82) is 0 Å².